The molecule has 0 bridgehead atoms. The second-order valence-electron chi connectivity index (χ2n) is 6.94. The second kappa shape index (κ2) is 9.81. The molecule has 4 rings (SSSR count). The van der Waals surface area contributed by atoms with E-state index in [0.29, 0.717) is 6.61 Å². The minimum atomic E-state index is 0.681. The highest BCUT2D eigenvalue weighted by molar-refractivity contribution is 7.18. The highest BCUT2D eigenvalue weighted by Crippen LogP contribution is 2.41. The number of nitrogens with zero attached hydrogens (tertiary/aromatic N) is 2. The standard InChI is InChI=1S/C25H26N2O3S/c1-4-30-17-16-27-15-5-6-22(27)25-26-23(18-7-11-20(28-2)12-8-18)24(31-25)19-9-13-21(29-3)14-10-19/h5-15H,4,16-17H2,1-3H3. The van der Waals surface area contributed by atoms with Crippen molar-refractivity contribution in [1.82, 2.24) is 9.55 Å². The first-order valence-corrected chi connectivity index (χ1v) is 11.1. The van der Waals surface area contributed by atoms with Gasteiger partial charge in [0.1, 0.15) is 16.5 Å². The lowest BCUT2D eigenvalue weighted by Crippen LogP contribution is -2.05. The van der Waals surface area contributed by atoms with Crippen LogP contribution in [0, 0.1) is 0 Å². The molecule has 0 aliphatic heterocycles. The summed E-state index contributed by atoms with van der Waals surface area (Å²) in [4.78, 5) is 6.20. The van der Waals surface area contributed by atoms with Gasteiger partial charge in [-0.05, 0) is 73.2 Å². The van der Waals surface area contributed by atoms with E-state index in [-0.39, 0.29) is 0 Å². The number of hydrogen-bond acceptors (Lipinski definition) is 5. The Hall–Kier alpha value is -3.09. The Bertz CT molecular complexity index is 1050. The molecule has 0 saturated heterocycles. The SMILES string of the molecule is CCOCCn1cccc1-c1nc(-c2ccc(OC)cc2)c(-c2ccc(OC)cc2)s1. The lowest BCUT2D eigenvalue weighted by molar-refractivity contribution is 0.139. The molecule has 0 aliphatic rings. The van der Waals surface area contributed by atoms with Crippen molar-refractivity contribution in [2.45, 2.75) is 13.5 Å². The number of benzene rings is 2. The first-order chi connectivity index (χ1) is 15.2. The van der Waals surface area contributed by atoms with Gasteiger partial charge in [0.2, 0.25) is 0 Å². The van der Waals surface area contributed by atoms with Crippen LogP contribution in [0.4, 0.5) is 0 Å². The number of ether oxygens (including phenoxy) is 3. The topological polar surface area (TPSA) is 45.5 Å². The molecule has 0 spiro atoms. The van der Waals surface area contributed by atoms with E-state index in [0.717, 1.165) is 57.1 Å². The average molecular weight is 435 g/mol. The van der Waals surface area contributed by atoms with Crippen molar-refractivity contribution in [3.8, 4) is 43.9 Å². The van der Waals surface area contributed by atoms with Gasteiger partial charge in [0.05, 0.1) is 37.1 Å². The van der Waals surface area contributed by atoms with Gasteiger partial charge in [0, 0.05) is 24.9 Å². The van der Waals surface area contributed by atoms with Crippen LogP contribution in [0.1, 0.15) is 6.92 Å². The molecule has 0 aliphatic carbocycles. The molecule has 4 aromatic rings. The van der Waals surface area contributed by atoms with Crippen LogP contribution < -0.4 is 9.47 Å². The molecule has 0 unspecified atom stereocenters. The zero-order chi connectivity index (χ0) is 21.6. The van der Waals surface area contributed by atoms with Crippen LogP contribution in [0.15, 0.2) is 66.9 Å². The van der Waals surface area contributed by atoms with Gasteiger partial charge in [-0.3, -0.25) is 0 Å². The quantitative estimate of drug-likeness (QED) is 0.303. The molecular weight excluding hydrogens is 408 g/mol. The summed E-state index contributed by atoms with van der Waals surface area (Å²) >= 11 is 1.70. The fraction of sp³-hybridized carbons (Fsp3) is 0.240. The van der Waals surface area contributed by atoms with Crippen LogP contribution in [0.2, 0.25) is 0 Å². The van der Waals surface area contributed by atoms with E-state index in [1.165, 1.54) is 0 Å². The van der Waals surface area contributed by atoms with Crippen LogP contribution in [0.3, 0.4) is 0 Å². The lowest BCUT2D eigenvalue weighted by Gasteiger charge is -2.07. The van der Waals surface area contributed by atoms with Crippen molar-refractivity contribution < 1.29 is 14.2 Å². The Balaban J connectivity index is 1.77. The summed E-state index contributed by atoms with van der Waals surface area (Å²) in [6.07, 6.45) is 2.08. The van der Waals surface area contributed by atoms with Crippen molar-refractivity contribution in [2.75, 3.05) is 27.4 Å². The van der Waals surface area contributed by atoms with Gasteiger partial charge >= 0.3 is 0 Å². The predicted octanol–water partition coefficient (Wildman–Crippen LogP) is 6.00. The Labute approximate surface area is 186 Å². The Morgan fingerprint density at radius 1 is 0.871 bits per heavy atom. The van der Waals surface area contributed by atoms with Crippen LogP contribution in [0.5, 0.6) is 11.5 Å². The van der Waals surface area contributed by atoms with Gasteiger partial charge in [-0.2, -0.15) is 0 Å². The van der Waals surface area contributed by atoms with Crippen LogP contribution in [-0.4, -0.2) is 37.0 Å². The summed E-state index contributed by atoms with van der Waals surface area (Å²) in [6, 6.07) is 20.3. The van der Waals surface area contributed by atoms with Crippen molar-refractivity contribution in [2.24, 2.45) is 0 Å². The van der Waals surface area contributed by atoms with E-state index in [1.54, 1.807) is 25.6 Å². The third-order valence-corrected chi connectivity index (χ3v) is 6.20. The third-order valence-electron chi connectivity index (χ3n) is 5.07. The fourth-order valence-electron chi connectivity index (χ4n) is 3.42. The molecule has 0 atom stereocenters. The predicted molar refractivity (Wildman–Crippen MR) is 126 cm³/mol. The summed E-state index contributed by atoms with van der Waals surface area (Å²) in [5, 5.41) is 0.984. The molecule has 6 heteroatoms. The molecule has 2 aromatic heterocycles. The highest BCUT2D eigenvalue weighted by Gasteiger charge is 2.18. The maximum absolute atomic E-state index is 5.55. The Kier molecular flexibility index (Phi) is 6.70. The van der Waals surface area contributed by atoms with E-state index >= 15 is 0 Å². The molecule has 160 valence electrons. The first kappa shape index (κ1) is 21.2. The summed E-state index contributed by atoms with van der Waals surface area (Å²) in [5.41, 5.74) is 4.23. The van der Waals surface area contributed by atoms with Crippen molar-refractivity contribution in [3.63, 3.8) is 0 Å². The Morgan fingerprint density at radius 2 is 1.52 bits per heavy atom. The molecule has 31 heavy (non-hydrogen) atoms. The number of methoxy groups -OCH3 is 2. The minimum absolute atomic E-state index is 0.681. The smallest absolute Gasteiger partial charge is 0.141 e. The van der Waals surface area contributed by atoms with Crippen LogP contribution in [0.25, 0.3) is 32.4 Å². The number of thiazole rings is 1. The van der Waals surface area contributed by atoms with Gasteiger partial charge in [-0.25, -0.2) is 4.98 Å². The van der Waals surface area contributed by atoms with Gasteiger partial charge in [-0.1, -0.05) is 0 Å². The van der Waals surface area contributed by atoms with E-state index in [2.05, 4.69) is 47.2 Å². The summed E-state index contributed by atoms with van der Waals surface area (Å²) in [5.74, 6) is 1.67. The lowest BCUT2D eigenvalue weighted by atomic mass is 10.1. The normalized spacial score (nSPS) is 10.9. The summed E-state index contributed by atoms with van der Waals surface area (Å²) in [6.45, 7) is 4.21. The molecule has 0 saturated carbocycles. The maximum Gasteiger partial charge on any atom is 0.141 e. The molecule has 0 amide bonds. The number of rotatable bonds is 9. The largest absolute Gasteiger partial charge is 0.497 e. The van der Waals surface area contributed by atoms with E-state index in [9.17, 15) is 0 Å². The van der Waals surface area contributed by atoms with Crippen molar-refractivity contribution in [3.05, 3.63) is 66.9 Å². The highest BCUT2D eigenvalue weighted by atomic mass is 32.1. The van der Waals surface area contributed by atoms with Crippen LogP contribution >= 0.6 is 11.3 Å². The minimum Gasteiger partial charge on any atom is -0.497 e. The average Bonchev–Trinajstić information content (AvgIpc) is 3.46. The monoisotopic (exact) mass is 434 g/mol. The van der Waals surface area contributed by atoms with E-state index in [4.69, 9.17) is 19.2 Å². The summed E-state index contributed by atoms with van der Waals surface area (Å²) in [7, 11) is 3.36. The molecule has 0 N–H and O–H groups in total. The molecule has 2 aromatic carbocycles. The van der Waals surface area contributed by atoms with Gasteiger partial charge in [0.15, 0.2) is 0 Å². The molecule has 0 fully saturated rings. The number of aromatic nitrogens is 2. The van der Waals surface area contributed by atoms with Gasteiger partial charge in [0.25, 0.3) is 0 Å². The molecule has 2 heterocycles. The third kappa shape index (κ3) is 4.65. The van der Waals surface area contributed by atoms with E-state index < -0.39 is 0 Å². The van der Waals surface area contributed by atoms with Gasteiger partial charge in [-0.15, -0.1) is 11.3 Å². The zero-order valence-electron chi connectivity index (χ0n) is 18.0. The zero-order valence-corrected chi connectivity index (χ0v) is 18.8. The first-order valence-electron chi connectivity index (χ1n) is 10.3. The second-order valence-corrected chi connectivity index (χ2v) is 7.94. The van der Waals surface area contributed by atoms with Crippen molar-refractivity contribution in [1.29, 1.82) is 0 Å². The van der Waals surface area contributed by atoms with Crippen LogP contribution in [-0.2, 0) is 11.3 Å². The number of hydrogen-bond donors (Lipinski definition) is 0. The van der Waals surface area contributed by atoms with E-state index in [1.807, 2.05) is 31.2 Å². The van der Waals surface area contributed by atoms with Gasteiger partial charge < -0.3 is 18.8 Å². The maximum atomic E-state index is 5.55. The Morgan fingerprint density at radius 3 is 2.13 bits per heavy atom. The summed E-state index contributed by atoms with van der Waals surface area (Å²) < 4.78 is 18.4. The fourth-order valence-corrected chi connectivity index (χ4v) is 4.56. The molecule has 5 nitrogen and oxygen atoms in total. The molecular formula is C25H26N2O3S. The van der Waals surface area contributed by atoms with Crippen molar-refractivity contribution >= 4 is 11.3 Å². The molecule has 0 radical (unpaired) electrons.